The Labute approximate surface area is 167 Å². The van der Waals surface area contributed by atoms with Crippen molar-refractivity contribution in [2.45, 2.75) is 39.7 Å². The molecular formula is C21H28N2O4S. The minimum atomic E-state index is -3.67. The predicted molar refractivity (Wildman–Crippen MR) is 114 cm³/mol. The fourth-order valence-electron chi connectivity index (χ4n) is 2.86. The first-order valence-electron chi connectivity index (χ1n) is 9.26. The van der Waals surface area contributed by atoms with Crippen LogP contribution in [-0.4, -0.2) is 33.2 Å². The largest absolute Gasteiger partial charge is 0.494 e. The van der Waals surface area contributed by atoms with Gasteiger partial charge in [-0.2, -0.15) is 0 Å². The van der Waals surface area contributed by atoms with Crippen LogP contribution in [0.2, 0.25) is 0 Å². The molecule has 0 aromatic heterocycles. The molecule has 0 spiro atoms. The summed E-state index contributed by atoms with van der Waals surface area (Å²) in [6.07, 6.45) is 1.09. The highest BCUT2D eigenvalue weighted by Crippen LogP contribution is 2.25. The van der Waals surface area contributed by atoms with Crippen LogP contribution in [0.1, 0.15) is 39.2 Å². The van der Waals surface area contributed by atoms with Crippen molar-refractivity contribution in [1.29, 1.82) is 0 Å². The van der Waals surface area contributed by atoms with Gasteiger partial charge in [-0.1, -0.05) is 26.0 Å². The maximum atomic E-state index is 12.7. The van der Waals surface area contributed by atoms with E-state index in [1.54, 1.807) is 31.2 Å². The lowest BCUT2D eigenvalue weighted by molar-refractivity contribution is -0.116. The van der Waals surface area contributed by atoms with Crippen LogP contribution in [0.15, 0.2) is 48.5 Å². The standard InChI is InChI=1S/C21H28N2O4S/c1-6-27-20-13-11-19(12-14-20)23(28(5,25)26)16(4)21(24)22-18-9-7-17(8-10-18)15(2)3/h7-16H,6H2,1-5H3,(H,22,24)/t16-/m0/s1. The Kier molecular flexibility index (Phi) is 7.07. The Hall–Kier alpha value is -2.54. The fraction of sp³-hybridized carbons (Fsp3) is 0.381. The minimum absolute atomic E-state index is 0.393. The van der Waals surface area contributed by atoms with Gasteiger partial charge in [-0.25, -0.2) is 8.42 Å². The topological polar surface area (TPSA) is 75.7 Å². The predicted octanol–water partition coefficient (Wildman–Crippen LogP) is 4.00. The van der Waals surface area contributed by atoms with E-state index in [-0.39, 0.29) is 0 Å². The number of ether oxygens (including phenoxy) is 1. The van der Waals surface area contributed by atoms with Gasteiger partial charge in [0.1, 0.15) is 11.8 Å². The average Bonchev–Trinajstić information content (AvgIpc) is 2.62. The lowest BCUT2D eigenvalue weighted by atomic mass is 10.0. The number of carbonyl (C=O) groups is 1. The van der Waals surface area contributed by atoms with Crippen LogP contribution in [0, 0.1) is 0 Å². The van der Waals surface area contributed by atoms with Crippen molar-refractivity contribution in [1.82, 2.24) is 0 Å². The van der Waals surface area contributed by atoms with Gasteiger partial charge in [0.15, 0.2) is 0 Å². The summed E-state index contributed by atoms with van der Waals surface area (Å²) in [6.45, 7) is 8.14. The molecular weight excluding hydrogens is 376 g/mol. The molecule has 0 aliphatic rings. The second-order valence-corrected chi connectivity index (χ2v) is 8.79. The van der Waals surface area contributed by atoms with E-state index >= 15 is 0 Å². The van der Waals surface area contributed by atoms with Crippen molar-refractivity contribution < 1.29 is 17.9 Å². The highest BCUT2D eigenvalue weighted by molar-refractivity contribution is 7.92. The third-order valence-electron chi connectivity index (χ3n) is 4.34. The van der Waals surface area contributed by atoms with E-state index in [0.717, 1.165) is 16.1 Å². The summed E-state index contributed by atoms with van der Waals surface area (Å²) in [5, 5.41) is 2.79. The maximum Gasteiger partial charge on any atom is 0.247 e. The summed E-state index contributed by atoms with van der Waals surface area (Å²) in [5.41, 5.74) is 2.20. The molecule has 0 bridgehead atoms. The van der Waals surface area contributed by atoms with Gasteiger partial charge in [0.05, 0.1) is 18.6 Å². The Balaban J connectivity index is 2.22. The molecule has 0 fully saturated rings. The van der Waals surface area contributed by atoms with Crippen LogP contribution >= 0.6 is 0 Å². The highest BCUT2D eigenvalue weighted by atomic mass is 32.2. The van der Waals surface area contributed by atoms with Crippen LogP contribution < -0.4 is 14.4 Å². The number of hydrogen-bond acceptors (Lipinski definition) is 4. The lowest BCUT2D eigenvalue weighted by Crippen LogP contribution is -2.45. The molecule has 2 aromatic rings. The Morgan fingerprint density at radius 3 is 2.07 bits per heavy atom. The smallest absolute Gasteiger partial charge is 0.247 e. The van der Waals surface area contributed by atoms with E-state index in [0.29, 0.717) is 29.6 Å². The van der Waals surface area contributed by atoms with Crippen LogP contribution in [-0.2, 0) is 14.8 Å². The molecule has 1 amide bonds. The van der Waals surface area contributed by atoms with E-state index in [4.69, 9.17) is 4.74 Å². The van der Waals surface area contributed by atoms with E-state index in [1.165, 1.54) is 0 Å². The molecule has 0 saturated carbocycles. The zero-order chi connectivity index (χ0) is 20.9. The van der Waals surface area contributed by atoms with Crippen molar-refractivity contribution in [3.8, 4) is 5.75 Å². The molecule has 152 valence electrons. The first-order chi connectivity index (χ1) is 13.1. The van der Waals surface area contributed by atoms with E-state index in [2.05, 4.69) is 19.2 Å². The number of nitrogens with zero attached hydrogens (tertiary/aromatic N) is 1. The van der Waals surface area contributed by atoms with Gasteiger partial charge in [-0.05, 0) is 61.7 Å². The van der Waals surface area contributed by atoms with Gasteiger partial charge in [-0.15, -0.1) is 0 Å². The van der Waals surface area contributed by atoms with E-state index < -0.39 is 22.0 Å². The number of carbonyl (C=O) groups excluding carboxylic acids is 1. The van der Waals surface area contributed by atoms with Gasteiger partial charge in [-0.3, -0.25) is 9.10 Å². The summed E-state index contributed by atoms with van der Waals surface area (Å²) in [7, 11) is -3.67. The van der Waals surface area contributed by atoms with Gasteiger partial charge in [0.25, 0.3) is 0 Å². The fourth-order valence-corrected chi connectivity index (χ4v) is 4.04. The van der Waals surface area contributed by atoms with Crippen molar-refractivity contribution >= 4 is 27.3 Å². The van der Waals surface area contributed by atoms with Gasteiger partial charge < -0.3 is 10.1 Å². The van der Waals surface area contributed by atoms with Gasteiger partial charge in [0, 0.05) is 5.69 Å². The van der Waals surface area contributed by atoms with Gasteiger partial charge in [0.2, 0.25) is 15.9 Å². The highest BCUT2D eigenvalue weighted by Gasteiger charge is 2.29. The average molecular weight is 405 g/mol. The molecule has 6 nitrogen and oxygen atoms in total. The summed E-state index contributed by atoms with van der Waals surface area (Å²) in [6, 6.07) is 13.3. The minimum Gasteiger partial charge on any atom is -0.494 e. The number of amides is 1. The summed E-state index contributed by atoms with van der Waals surface area (Å²) >= 11 is 0. The molecule has 2 rings (SSSR count). The van der Waals surface area contributed by atoms with Crippen molar-refractivity contribution in [2.75, 3.05) is 22.5 Å². The second kappa shape index (κ2) is 9.10. The van der Waals surface area contributed by atoms with Crippen molar-refractivity contribution in [3.63, 3.8) is 0 Å². The number of benzene rings is 2. The third-order valence-corrected chi connectivity index (χ3v) is 5.58. The molecule has 2 aromatic carbocycles. The van der Waals surface area contributed by atoms with Crippen LogP contribution in [0.3, 0.4) is 0 Å². The SMILES string of the molecule is CCOc1ccc(N([C@@H](C)C(=O)Nc2ccc(C(C)C)cc2)S(C)(=O)=O)cc1. The lowest BCUT2D eigenvalue weighted by Gasteiger charge is -2.28. The summed E-state index contributed by atoms with van der Waals surface area (Å²) in [5.74, 6) is 0.628. The molecule has 1 atom stereocenters. The third kappa shape index (κ3) is 5.48. The van der Waals surface area contributed by atoms with E-state index in [9.17, 15) is 13.2 Å². The molecule has 0 aliphatic heterocycles. The van der Waals surface area contributed by atoms with Crippen LogP contribution in [0.5, 0.6) is 5.75 Å². The molecule has 7 heteroatoms. The molecule has 28 heavy (non-hydrogen) atoms. The number of rotatable bonds is 8. The monoisotopic (exact) mass is 404 g/mol. The zero-order valence-electron chi connectivity index (χ0n) is 17.0. The molecule has 0 unspecified atom stereocenters. The van der Waals surface area contributed by atoms with Gasteiger partial charge >= 0.3 is 0 Å². The Morgan fingerprint density at radius 2 is 1.61 bits per heavy atom. The normalized spacial score (nSPS) is 12.5. The molecule has 0 aliphatic carbocycles. The zero-order valence-corrected chi connectivity index (χ0v) is 17.8. The molecule has 0 heterocycles. The molecule has 0 radical (unpaired) electrons. The van der Waals surface area contributed by atoms with E-state index in [1.807, 2.05) is 31.2 Å². The number of hydrogen-bond donors (Lipinski definition) is 1. The van der Waals surface area contributed by atoms with Crippen molar-refractivity contribution in [3.05, 3.63) is 54.1 Å². The summed E-state index contributed by atoms with van der Waals surface area (Å²) in [4.78, 5) is 12.7. The Morgan fingerprint density at radius 1 is 1.04 bits per heavy atom. The second-order valence-electron chi connectivity index (χ2n) is 6.93. The molecule has 1 N–H and O–H groups in total. The van der Waals surface area contributed by atoms with Crippen molar-refractivity contribution in [2.24, 2.45) is 0 Å². The van der Waals surface area contributed by atoms with Crippen LogP contribution in [0.25, 0.3) is 0 Å². The van der Waals surface area contributed by atoms with Crippen LogP contribution in [0.4, 0.5) is 11.4 Å². The summed E-state index contributed by atoms with van der Waals surface area (Å²) < 4.78 is 31.3. The quantitative estimate of drug-likeness (QED) is 0.721. The molecule has 0 saturated heterocycles. The number of anilines is 2. The maximum absolute atomic E-state index is 12.7. The Bertz CT molecular complexity index is 891. The first-order valence-corrected chi connectivity index (χ1v) is 11.1. The number of nitrogens with one attached hydrogen (secondary N) is 1. The first kappa shape index (κ1) is 21.8. The number of sulfonamides is 1.